The van der Waals surface area contributed by atoms with Gasteiger partial charge in [0.15, 0.2) is 6.29 Å². The van der Waals surface area contributed by atoms with Crippen LogP contribution in [0.3, 0.4) is 0 Å². The van der Waals surface area contributed by atoms with Gasteiger partial charge in [-0.3, -0.25) is 4.79 Å². The van der Waals surface area contributed by atoms with Crippen molar-refractivity contribution < 1.29 is 9.53 Å². The largest absolute Gasteiger partial charge is 0.481 e. The zero-order chi connectivity index (χ0) is 12.8. The molecule has 0 aliphatic carbocycles. The molecule has 2 rings (SSSR count). The Morgan fingerprint density at radius 1 is 1.17 bits per heavy atom. The molecule has 2 nitrogen and oxygen atoms in total. The van der Waals surface area contributed by atoms with E-state index in [1.54, 1.807) is 12.1 Å². The van der Waals surface area contributed by atoms with Crippen molar-refractivity contribution in [2.75, 3.05) is 6.61 Å². The summed E-state index contributed by atoms with van der Waals surface area (Å²) in [4.78, 5) is 11.1. The lowest BCUT2D eigenvalue weighted by Gasteiger charge is -2.08. The average molecular weight is 236 g/mol. The summed E-state index contributed by atoms with van der Waals surface area (Å²) in [6.45, 7) is 0.217. The first-order valence-corrected chi connectivity index (χ1v) is 5.56. The van der Waals surface area contributed by atoms with E-state index in [9.17, 15) is 4.79 Å². The molecule has 0 fully saturated rings. The predicted octanol–water partition coefficient (Wildman–Crippen LogP) is 3.18. The molecule has 0 N–H and O–H groups in total. The van der Waals surface area contributed by atoms with E-state index in [0.29, 0.717) is 11.3 Å². The van der Waals surface area contributed by atoms with Crippen LogP contribution in [0.4, 0.5) is 0 Å². The third-order valence-corrected chi connectivity index (χ3v) is 2.56. The van der Waals surface area contributed by atoms with Crippen LogP contribution < -0.4 is 4.74 Å². The van der Waals surface area contributed by atoms with Crippen LogP contribution in [0.2, 0.25) is 0 Å². The van der Waals surface area contributed by atoms with E-state index in [4.69, 9.17) is 11.2 Å². The standard InChI is InChI=1S/C16H12O2/c1-2-10-18-15-9-8-14(12-17)16(11-15)13-6-4-3-5-7-13/h1,3-9,11-12H,10H2. The highest BCUT2D eigenvalue weighted by Crippen LogP contribution is 2.27. The molecular weight excluding hydrogens is 224 g/mol. The number of ether oxygens (including phenoxy) is 1. The van der Waals surface area contributed by atoms with Gasteiger partial charge in [0, 0.05) is 5.56 Å². The van der Waals surface area contributed by atoms with E-state index in [-0.39, 0.29) is 6.61 Å². The van der Waals surface area contributed by atoms with Crippen LogP contribution in [0.5, 0.6) is 5.75 Å². The molecule has 0 spiro atoms. The van der Waals surface area contributed by atoms with Crippen LogP contribution in [-0.2, 0) is 0 Å². The number of benzene rings is 2. The second kappa shape index (κ2) is 5.70. The van der Waals surface area contributed by atoms with Crippen LogP contribution in [0, 0.1) is 12.3 Å². The van der Waals surface area contributed by atoms with Crippen LogP contribution in [0.15, 0.2) is 48.5 Å². The Morgan fingerprint density at radius 2 is 1.94 bits per heavy atom. The average Bonchev–Trinajstić information content (AvgIpc) is 2.45. The van der Waals surface area contributed by atoms with E-state index in [0.717, 1.165) is 17.4 Å². The van der Waals surface area contributed by atoms with Crippen molar-refractivity contribution in [2.45, 2.75) is 0 Å². The molecule has 0 heterocycles. The van der Waals surface area contributed by atoms with Gasteiger partial charge in [-0.05, 0) is 29.3 Å². The number of carbonyl (C=O) groups is 1. The SMILES string of the molecule is C#CCOc1ccc(C=O)c(-c2ccccc2)c1. The van der Waals surface area contributed by atoms with Crippen molar-refractivity contribution in [3.05, 3.63) is 54.1 Å². The molecule has 0 bridgehead atoms. The Kier molecular flexibility index (Phi) is 3.78. The summed E-state index contributed by atoms with van der Waals surface area (Å²) in [5.74, 6) is 3.08. The minimum absolute atomic E-state index is 0.217. The monoisotopic (exact) mass is 236 g/mol. The maximum Gasteiger partial charge on any atom is 0.150 e. The lowest BCUT2D eigenvalue weighted by molar-refractivity contribution is 0.112. The highest BCUT2D eigenvalue weighted by atomic mass is 16.5. The summed E-state index contributed by atoms with van der Waals surface area (Å²) in [6.07, 6.45) is 5.99. The Hall–Kier alpha value is -2.53. The summed E-state index contributed by atoms with van der Waals surface area (Å²) in [5.41, 5.74) is 2.46. The smallest absolute Gasteiger partial charge is 0.150 e. The normalized spacial score (nSPS) is 9.50. The molecule has 88 valence electrons. The molecule has 2 aromatic carbocycles. The first kappa shape index (κ1) is 11.9. The molecule has 2 heteroatoms. The van der Waals surface area contributed by atoms with Crippen molar-refractivity contribution in [1.29, 1.82) is 0 Å². The van der Waals surface area contributed by atoms with Crippen molar-refractivity contribution in [1.82, 2.24) is 0 Å². The molecule has 0 amide bonds. The quantitative estimate of drug-likeness (QED) is 0.602. The molecule has 0 saturated heterocycles. The fraction of sp³-hybridized carbons (Fsp3) is 0.0625. The van der Waals surface area contributed by atoms with Gasteiger partial charge < -0.3 is 4.74 Å². The summed E-state index contributed by atoms with van der Waals surface area (Å²) in [7, 11) is 0. The zero-order valence-corrected chi connectivity index (χ0v) is 9.80. The topological polar surface area (TPSA) is 26.3 Å². The lowest BCUT2D eigenvalue weighted by atomic mass is 10.0. The second-order valence-electron chi connectivity index (χ2n) is 3.73. The van der Waals surface area contributed by atoms with Crippen molar-refractivity contribution >= 4 is 6.29 Å². The van der Waals surface area contributed by atoms with Gasteiger partial charge in [-0.25, -0.2) is 0 Å². The Balaban J connectivity index is 2.44. The molecule has 0 aliphatic rings. The molecule has 18 heavy (non-hydrogen) atoms. The molecule has 0 aliphatic heterocycles. The summed E-state index contributed by atoms with van der Waals surface area (Å²) < 4.78 is 5.36. The summed E-state index contributed by atoms with van der Waals surface area (Å²) >= 11 is 0. The summed E-state index contributed by atoms with van der Waals surface area (Å²) in [5, 5.41) is 0. The van der Waals surface area contributed by atoms with Crippen LogP contribution >= 0.6 is 0 Å². The van der Waals surface area contributed by atoms with Gasteiger partial charge in [-0.15, -0.1) is 6.42 Å². The van der Waals surface area contributed by atoms with Gasteiger partial charge in [-0.1, -0.05) is 36.3 Å². The van der Waals surface area contributed by atoms with E-state index >= 15 is 0 Å². The van der Waals surface area contributed by atoms with E-state index in [1.165, 1.54) is 0 Å². The van der Waals surface area contributed by atoms with Crippen LogP contribution in [0.25, 0.3) is 11.1 Å². The molecule has 0 aromatic heterocycles. The molecule has 0 saturated carbocycles. The van der Waals surface area contributed by atoms with E-state index < -0.39 is 0 Å². The molecule has 2 aromatic rings. The maximum absolute atomic E-state index is 11.1. The minimum atomic E-state index is 0.217. The number of hydrogen-bond donors (Lipinski definition) is 0. The lowest BCUT2D eigenvalue weighted by Crippen LogP contribution is -1.95. The zero-order valence-electron chi connectivity index (χ0n) is 9.80. The van der Waals surface area contributed by atoms with Gasteiger partial charge in [0.1, 0.15) is 12.4 Å². The molecule has 0 unspecified atom stereocenters. The third kappa shape index (κ3) is 2.58. The van der Waals surface area contributed by atoms with Crippen molar-refractivity contribution in [3.63, 3.8) is 0 Å². The fourth-order valence-corrected chi connectivity index (χ4v) is 1.72. The van der Waals surface area contributed by atoms with E-state index in [1.807, 2.05) is 36.4 Å². The Bertz CT molecular complexity index is 580. The fourth-order valence-electron chi connectivity index (χ4n) is 1.72. The number of hydrogen-bond acceptors (Lipinski definition) is 2. The van der Waals surface area contributed by atoms with Crippen LogP contribution in [-0.4, -0.2) is 12.9 Å². The van der Waals surface area contributed by atoms with Gasteiger partial charge in [0.05, 0.1) is 0 Å². The first-order chi connectivity index (χ1) is 8.85. The predicted molar refractivity (Wildman–Crippen MR) is 71.6 cm³/mol. The Labute approximate surface area is 106 Å². The molecule has 0 atom stereocenters. The van der Waals surface area contributed by atoms with Crippen LogP contribution in [0.1, 0.15) is 10.4 Å². The third-order valence-electron chi connectivity index (χ3n) is 2.56. The van der Waals surface area contributed by atoms with Gasteiger partial charge in [0.2, 0.25) is 0 Å². The minimum Gasteiger partial charge on any atom is -0.481 e. The molecular formula is C16H12O2. The summed E-state index contributed by atoms with van der Waals surface area (Å²) in [6, 6.07) is 15.0. The number of rotatable bonds is 4. The highest BCUT2D eigenvalue weighted by Gasteiger charge is 2.06. The van der Waals surface area contributed by atoms with Crippen molar-refractivity contribution in [3.8, 4) is 29.2 Å². The second-order valence-corrected chi connectivity index (χ2v) is 3.73. The van der Waals surface area contributed by atoms with Gasteiger partial charge in [0.25, 0.3) is 0 Å². The van der Waals surface area contributed by atoms with Gasteiger partial charge in [-0.2, -0.15) is 0 Å². The number of carbonyl (C=O) groups excluding carboxylic acids is 1. The van der Waals surface area contributed by atoms with Crippen molar-refractivity contribution in [2.24, 2.45) is 0 Å². The van der Waals surface area contributed by atoms with E-state index in [2.05, 4.69) is 5.92 Å². The number of aldehydes is 1. The first-order valence-electron chi connectivity index (χ1n) is 5.56. The van der Waals surface area contributed by atoms with Gasteiger partial charge >= 0.3 is 0 Å². The highest BCUT2D eigenvalue weighted by molar-refractivity contribution is 5.88. The maximum atomic E-state index is 11.1. The Morgan fingerprint density at radius 3 is 2.61 bits per heavy atom. The number of terminal acetylenes is 1. The molecule has 0 radical (unpaired) electrons.